The first-order valence-corrected chi connectivity index (χ1v) is 5.29. The van der Waals surface area contributed by atoms with Gasteiger partial charge in [0.05, 0.1) is 18.1 Å². The molecule has 0 unspecified atom stereocenters. The number of carbonyl (C=O) groups is 1. The predicted molar refractivity (Wildman–Crippen MR) is 56.1 cm³/mol. The number of methoxy groups -OCH3 is 1. The van der Waals surface area contributed by atoms with Gasteiger partial charge in [0, 0.05) is 0 Å². The van der Waals surface area contributed by atoms with Gasteiger partial charge in [-0.3, -0.25) is 4.79 Å². The molecule has 1 aromatic carbocycles. The van der Waals surface area contributed by atoms with Crippen molar-refractivity contribution < 1.29 is 23.4 Å². The summed E-state index contributed by atoms with van der Waals surface area (Å²) in [5.41, 5.74) is -1.50. The second-order valence-corrected chi connectivity index (χ2v) is 4.18. The van der Waals surface area contributed by atoms with Crippen molar-refractivity contribution in [2.24, 2.45) is 0 Å². The molecule has 3 nitrogen and oxygen atoms in total. The minimum absolute atomic E-state index is 0.168. The molecule has 0 aromatic heterocycles. The van der Waals surface area contributed by atoms with Gasteiger partial charge in [0.2, 0.25) is 0 Å². The van der Waals surface area contributed by atoms with Crippen LogP contribution in [0.4, 0.5) is 8.78 Å². The van der Waals surface area contributed by atoms with Crippen molar-refractivity contribution in [3.05, 3.63) is 29.3 Å². The van der Waals surface area contributed by atoms with E-state index in [9.17, 15) is 18.7 Å². The van der Waals surface area contributed by atoms with E-state index in [0.717, 1.165) is 12.1 Å². The molecule has 0 amide bonds. The molecule has 92 valence electrons. The topological polar surface area (TPSA) is 46.5 Å². The molecule has 0 atom stereocenters. The molecule has 5 heteroatoms. The van der Waals surface area contributed by atoms with Crippen LogP contribution in [0.25, 0.3) is 0 Å². The summed E-state index contributed by atoms with van der Waals surface area (Å²) in [5.74, 6) is -2.90. The Balaban J connectivity index is 2.65. The first-order chi connectivity index (χ1) is 8.03. The van der Waals surface area contributed by atoms with Crippen molar-refractivity contribution in [3.8, 4) is 5.75 Å². The standard InChI is InChI=1S/C12H12F2O3/c1-17-10-8(14)4-3-7(13)9(10)12(11(15)16)5-2-6-12/h3-4H,2,5-6H2,1H3,(H,15,16). The Hall–Kier alpha value is -1.65. The van der Waals surface area contributed by atoms with Gasteiger partial charge in [0.15, 0.2) is 11.6 Å². The number of aliphatic carboxylic acids is 1. The van der Waals surface area contributed by atoms with Crippen LogP contribution >= 0.6 is 0 Å². The SMILES string of the molecule is COc1c(F)ccc(F)c1C1(C(=O)O)CCC1. The minimum atomic E-state index is -1.34. The molecule has 1 saturated carbocycles. The van der Waals surface area contributed by atoms with Gasteiger partial charge < -0.3 is 9.84 Å². The highest BCUT2D eigenvalue weighted by atomic mass is 19.1. The van der Waals surface area contributed by atoms with Crippen LogP contribution in [0.1, 0.15) is 24.8 Å². The largest absolute Gasteiger partial charge is 0.493 e. The van der Waals surface area contributed by atoms with Crippen LogP contribution in [0.5, 0.6) is 5.75 Å². The van der Waals surface area contributed by atoms with Crippen LogP contribution in [0, 0.1) is 11.6 Å². The smallest absolute Gasteiger partial charge is 0.314 e. The zero-order valence-corrected chi connectivity index (χ0v) is 9.30. The number of hydrogen-bond donors (Lipinski definition) is 1. The lowest BCUT2D eigenvalue weighted by molar-refractivity contribution is -0.147. The van der Waals surface area contributed by atoms with Crippen molar-refractivity contribution in [1.82, 2.24) is 0 Å². The summed E-state index contributed by atoms with van der Waals surface area (Å²) in [6.07, 6.45) is 1.30. The molecule has 1 N–H and O–H groups in total. The Bertz CT molecular complexity index is 467. The van der Waals surface area contributed by atoms with Crippen LogP contribution in [0.3, 0.4) is 0 Å². The van der Waals surface area contributed by atoms with Gasteiger partial charge in [0.1, 0.15) is 5.82 Å². The zero-order chi connectivity index (χ0) is 12.6. The molecule has 0 heterocycles. The van der Waals surface area contributed by atoms with E-state index >= 15 is 0 Å². The van der Waals surface area contributed by atoms with Gasteiger partial charge in [-0.05, 0) is 25.0 Å². The van der Waals surface area contributed by atoms with Gasteiger partial charge in [0.25, 0.3) is 0 Å². The Labute approximate surface area is 97.0 Å². The first kappa shape index (κ1) is 11.8. The molecule has 17 heavy (non-hydrogen) atoms. The lowest BCUT2D eigenvalue weighted by atomic mass is 9.64. The number of carboxylic acids is 1. The third-order valence-electron chi connectivity index (χ3n) is 3.36. The number of carboxylic acid groups (broad SMARTS) is 1. The normalized spacial score (nSPS) is 17.4. The predicted octanol–water partition coefficient (Wildman–Crippen LogP) is 2.48. The molecule has 0 spiro atoms. The molecule has 1 aromatic rings. The molecular weight excluding hydrogens is 230 g/mol. The highest BCUT2D eigenvalue weighted by Crippen LogP contribution is 2.49. The average molecular weight is 242 g/mol. The van der Waals surface area contributed by atoms with E-state index in [1.165, 1.54) is 7.11 Å². The quantitative estimate of drug-likeness (QED) is 0.885. The fourth-order valence-electron chi connectivity index (χ4n) is 2.28. The number of hydrogen-bond acceptors (Lipinski definition) is 2. The number of rotatable bonds is 3. The maximum absolute atomic E-state index is 13.8. The molecule has 0 aliphatic heterocycles. The van der Waals surface area contributed by atoms with E-state index in [4.69, 9.17) is 4.74 Å². The molecule has 1 aliphatic carbocycles. The van der Waals surface area contributed by atoms with E-state index in [-0.39, 0.29) is 11.3 Å². The molecule has 0 bridgehead atoms. The Morgan fingerprint density at radius 1 is 1.35 bits per heavy atom. The average Bonchev–Trinajstić information content (AvgIpc) is 2.21. The van der Waals surface area contributed by atoms with Gasteiger partial charge in [-0.25, -0.2) is 8.78 Å². The van der Waals surface area contributed by atoms with E-state index < -0.39 is 23.0 Å². The van der Waals surface area contributed by atoms with Gasteiger partial charge >= 0.3 is 5.97 Å². The van der Waals surface area contributed by atoms with Crippen LogP contribution in [-0.4, -0.2) is 18.2 Å². The van der Waals surface area contributed by atoms with Crippen molar-refractivity contribution in [2.45, 2.75) is 24.7 Å². The summed E-state index contributed by atoms with van der Waals surface area (Å²) in [4.78, 5) is 11.3. The number of halogens is 2. The molecular formula is C12H12F2O3. The number of ether oxygens (including phenoxy) is 1. The van der Waals surface area contributed by atoms with Crippen LogP contribution in [0.15, 0.2) is 12.1 Å². The fourth-order valence-corrected chi connectivity index (χ4v) is 2.28. The summed E-state index contributed by atoms with van der Waals surface area (Å²) < 4.78 is 32.1. The van der Waals surface area contributed by atoms with Gasteiger partial charge in [-0.1, -0.05) is 6.42 Å². The first-order valence-electron chi connectivity index (χ1n) is 5.29. The Morgan fingerprint density at radius 3 is 2.35 bits per heavy atom. The Morgan fingerprint density at radius 2 is 1.94 bits per heavy atom. The van der Waals surface area contributed by atoms with Crippen molar-refractivity contribution in [1.29, 1.82) is 0 Å². The second-order valence-electron chi connectivity index (χ2n) is 4.18. The summed E-state index contributed by atoms with van der Waals surface area (Å²) in [6, 6.07) is 1.88. The maximum atomic E-state index is 13.8. The van der Waals surface area contributed by atoms with Gasteiger partial charge in [-0.2, -0.15) is 0 Å². The highest BCUT2D eigenvalue weighted by molar-refractivity contribution is 5.83. The minimum Gasteiger partial charge on any atom is -0.493 e. The zero-order valence-electron chi connectivity index (χ0n) is 9.30. The maximum Gasteiger partial charge on any atom is 0.314 e. The molecule has 0 saturated heterocycles. The lowest BCUT2D eigenvalue weighted by Gasteiger charge is -2.38. The third-order valence-corrected chi connectivity index (χ3v) is 3.36. The van der Waals surface area contributed by atoms with Gasteiger partial charge in [-0.15, -0.1) is 0 Å². The summed E-state index contributed by atoms with van der Waals surface area (Å²) >= 11 is 0. The summed E-state index contributed by atoms with van der Waals surface area (Å²) in [7, 11) is 1.20. The third kappa shape index (κ3) is 1.57. The van der Waals surface area contributed by atoms with Crippen molar-refractivity contribution in [2.75, 3.05) is 7.11 Å². The van der Waals surface area contributed by atoms with Crippen LogP contribution in [-0.2, 0) is 10.2 Å². The van der Waals surface area contributed by atoms with E-state index in [1.54, 1.807) is 0 Å². The lowest BCUT2D eigenvalue weighted by Crippen LogP contribution is -2.43. The molecule has 0 radical (unpaired) electrons. The summed E-state index contributed by atoms with van der Waals surface area (Å²) in [6.45, 7) is 0. The van der Waals surface area contributed by atoms with E-state index in [2.05, 4.69) is 0 Å². The summed E-state index contributed by atoms with van der Waals surface area (Å²) in [5, 5.41) is 9.23. The molecule has 1 fully saturated rings. The number of benzene rings is 1. The monoisotopic (exact) mass is 242 g/mol. The Kier molecular flexibility index (Phi) is 2.77. The van der Waals surface area contributed by atoms with E-state index in [1.807, 2.05) is 0 Å². The second kappa shape index (κ2) is 3.98. The molecule has 2 rings (SSSR count). The fraction of sp³-hybridized carbons (Fsp3) is 0.417. The van der Waals surface area contributed by atoms with Crippen molar-refractivity contribution >= 4 is 5.97 Å². The van der Waals surface area contributed by atoms with Crippen molar-refractivity contribution in [3.63, 3.8) is 0 Å². The van der Waals surface area contributed by atoms with Crippen LogP contribution in [0.2, 0.25) is 0 Å². The van der Waals surface area contributed by atoms with E-state index in [0.29, 0.717) is 19.3 Å². The highest BCUT2D eigenvalue weighted by Gasteiger charge is 2.50. The molecule has 1 aliphatic rings. The van der Waals surface area contributed by atoms with Crippen LogP contribution < -0.4 is 4.74 Å².